The van der Waals surface area contributed by atoms with Crippen LogP contribution in [-0.2, 0) is 10.0 Å². The number of hydrogen-bond acceptors (Lipinski definition) is 7. The molecule has 160 valence electrons. The fraction of sp³-hybridized carbons (Fsp3) is 0. The van der Waals surface area contributed by atoms with Gasteiger partial charge in [0.1, 0.15) is 17.1 Å². The van der Waals surface area contributed by atoms with Gasteiger partial charge in [-0.15, -0.1) is 5.11 Å². The molecule has 3 N–H and O–H groups in total. The van der Waals surface area contributed by atoms with E-state index in [1.807, 2.05) is 0 Å². The molecule has 9 nitrogen and oxygen atoms in total. The molecule has 0 spiro atoms. The van der Waals surface area contributed by atoms with Crippen molar-refractivity contribution in [2.45, 2.75) is 4.90 Å². The number of aromatic nitrogens is 1. The molecule has 3 aromatic carbocycles. The molecule has 1 aromatic heterocycles. The highest BCUT2D eigenvalue weighted by atomic mass is 32.2. The number of fused-ring (bicyclic) bond motifs is 1. The highest BCUT2D eigenvalue weighted by Gasteiger charge is 2.18. The van der Waals surface area contributed by atoms with Crippen LogP contribution in [0.5, 0.6) is 5.75 Å². The number of azo groups is 1. The minimum atomic E-state index is -3.83. The number of aromatic hydroxyl groups is 1. The maximum absolute atomic E-state index is 12.5. The first-order valence-corrected chi connectivity index (χ1v) is 10.8. The van der Waals surface area contributed by atoms with Crippen molar-refractivity contribution in [2.24, 2.45) is 10.2 Å². The van der Waals surface area contributed by atoms with Gasteiger partial charge >= 0.3 is 5.97 Å². The average Bonchev–Trinajstić information content (AvgIpc) is 2.78. The van der Waals surface area contributed by atoms with E-state index in [1.54, 1.807) is 36.4 Å². The summed E-state index contributed by atoms with van der Waals surface area (Å²) in [5.74, 6) is -1.60. The Labute approximate surface area is 182 Å². The Kier molecular flexibility index (Phi) is 5.52. The number of carboxylic acids is 1. The van der Waals surface area contributed by atoms with Crippen LogP contribution >= 0.6 is 0 Å². The molecule has 32 heavy (non-hydrogen) atoms. The van der Waals surface area contributed by atoms with Gasteiger partial charge in [-0.25, -0.2) is 18.2 Å². The SMILES string of the molecule is O=C(O)c1c(O)c(N=Nc2ccc(S(=O)(=O)Nc3ccccn3)cc2)cc2ccccc12. The lowest BCUT2D eigenvalue weighted by Crippen LogP contribution is -2.13. The molecule has 0 aliphatic carbocycles. The molecule has 4 rings (SSSR count). The van der Waals surface area contributed by atoms with Gasteiger partial charge in [0.15, 0.2) is 5.75 Å². The molecule has 0 saturated carbocycles. The third-order valence-corrected chi connectivity index (χ3v) is 5.91. The summed E-state index contributed by atoms with van der Waals surface area (Å²) in [7, 11) is -3.83. The monoisotopic (exact) mass is 448 g/mol. The van der Waals surface area contributed by atoms with E-state index >= 15 is 0 Å². The first-order valence-electron chi connectivity index (χ1n) is 9.29. The second-order valence-corrected chi connectivity index (χ2v) is 8.34. The van der Waals surface area contributed by atoms with Gasteiger partial charge < -0.3 is 10.2 Å². The predicted octanol–water partition coefficient (Wildman–Crippen LogP) is 4.85. The second kappa shape index (κ2) is 8.44. The van der Waals surface area contributed by atoms with Crippen LogP contribution in [0, 0.1) is 0 Å². The summed E-state index contributed by atoms with van der Waals surface area (Å²) >= 11 is 0. The molecule has 0 aliphatic rings. The van der Waals surface area contributed by atoms with Crippen LogP contribution in [0.2, 0.25) is 0 Å². The van der Waals surface area contributed by atoms with Gasteiger partial charge in [-0.2, -0.15) is 5.11 Å². The van der Waals surface area contributed by atoms with Gasteiger partial charge in [-0.05, 0) is 47.9 Å². The topological polar surface area (TPSA) is 141 Å². The molecular weight excluding hydrogens is 432 g/mol. The van der Waals surface area contributed by atoms with Crippen LogP contribution in [0.1, 0.15) is 10.4 Å². The average molecular weight is 448 g/mol. The Morgan fingerprint density at radius 3 is 2.34 bits per heavy atom. The lowest BCUT2D eigenvalue weighted by atomic mass is 10.0. The number of aromatic carboxylic acids is 1. The lowest BCUT2D eigenvalue weighted by Gasteiger charge is -2.08. The van der Waals surface area contributed by atoms with Crippen molar-refractivity contribution in [3.8, 4) is 5.75 Å². The number of sulfonamides is 1. The molecule has 0 saturated heterocycles. The third kappa shape index (κ3) is 4.25. The van der Waals surface area contributed by atoms with E-state index in [-0.39, 0.29) is 22.0 Å². The van der Waals surface area contributed by atoms with Crippen LogP contribution in [-0.4, -0.2) is 29.6 Å². The Hall–Kier alpha value is -4.31. The molecule has 0 atom stereocenters. The molecule has 4 aromatic rings. The van der Waals surface area contributed by atoms with Gasteiger partial charge in [0.25, 0.3) is 10.0 Å². The molecule has 0 bridgehead atoms. The molecule has 10 heteroatoms. The van der Waals surface area contributed by atoms with Crippen LogP contribution in [0.4, 0.5) is 17.2 Å². The van der Waals surface area contributed by atoms with Crippen LogP contribution < -0.4 is 4.72 Å². The summed E-state index contributed by atoms with van der Waals surface area (Å²) in [6.45, 7) is 0. The summed E-state index contributed by atoms with van der Waals surface area (Å²) < 4.78 is 27.3. The number of anilines is 1. The first-order chi connectivity index (χ1) is 15.3. The number of rotatable bonds is 6. The highest BCUT2D eigenvalue weighted by Crippen LogP contribution is 2.37. The van der Waals surface area contributed by atoms with E-state index in [0.717, 1.165) is 0 Å². The first kappa shape index (κ1) is 20.9. The van der Waals surface area contributed by atoms with E-state index in [1.165, 1.54) is 42.6 Å². The largest absolute Gasteiger partial charge is 0.505 e. The zero-order chi connectivity index (χ0) is 22.7. The molecule has 0 amide bonds. The fourth-order valence-corrected chi connectivity index (χ4v) is 4.05. The number of benzene rings is 3. The molecule has 0 radical (unpaired) electrons. The zero-order valence-electron chi connectivity index (χ0n) is 16.4. The summed E-state index contributed by atoms with van der Waals surface area (Å²) in [4.78, 5) is 15.6. The number of carbonyl (C=O) groups is 1. The van der Waals surface area contributed by atoms with Gasteiger partial charge in [0.05, 0.1) is 10.6 Å². The molecular formula is C22H16N4O5S. The quantitative estimate of drug-likeness (QED) is 0.360. The molecule has 0 fully saturated rings. The van der Waals surface area contributed by atoms with Crippen molar-refractivity contribution in [2.75, 3.05) is 4.72 Å². The minimum absolute atomic E-state index is 0.00354. The number of nitrogens with one attached hydrogen (secondary N) is 1. The van der Waals surface area contributed by atoms with Crippen molar-refractivity contribution < 1.29 is 23.4 Å². The normalized spacial score (nSPS) is 11.6. The summed E-state index contributed by atoms with van der Waals surface area (Å²) in [5.41, 5.74) is 0.0277. The molecule has 0 aliphatic heterocycles. The van der Waals surface area contributed by atoms with E-state index in [0.29, 0.717) is 16.5 Å². The number of phenols is 1. The third-order valence-electron chi connectivity index (χ3n) is 4.54. The number of pyridine rings is 1. The van der Waals surface area contributed by atoms with Gasteiger partial charge in [-0.1, -0.05) is 30.3 Å². The second-order valence-electron chi connectivity index (χ2n) is 6.66. The number of nitrogens with zero attached hydrogens (tertiary/aromatic N) is 3. The van der Waals surface area contributed by atoms with Gasteiger partial charge in [-0.3, -0.25) is 4.72 Å². The summed E-state index contributed by atoms with van der Waals surface area (Å²) in [6.07, 6.45) is 1.47. The number of carboxylic acid groups (broad SMARTS) is 1. The smallest absolute Gasteiger partial charge is 0.340 e. The van der Waals surface area contributed by atoms with Crippen molar-refractivity contribution in [3.05, 3.63) is 84.6 Å². The minimum Gasteiger partial charge on any atom is -0.505 e. The van der Waals surface area contributed by atoms with Crippen molar-refractivity contribution in [1.82, 2.24) is 4.98 Å². The molecule has 0 unspecified atom stereocenters. The summed E-state index contributed by atoms with van der Waals surface area (Å²) in [6, 6.07) is 18.7. The fourth-order valence-electron chi connectivity index (χ4n) is 3.04. The van der Waals surface area contributed by atoms with Crippen molar-refractivity contribution in [3.63, 3.8) is 0 Å². The summed E-state index contributed by atoms with van der Waals surface area (Å²) in [5, 5.41) is 28.8. The van der Waals surface area contributed by atoms with E-state index in [9.17, 15) is 23.4 Å². The molecule has 1 heterocycles. The Bertz CT molecular complexity index is 1440. The standard InChI is InChI=1S/C22H16N4O5S/c27-21-18(13-14-5-1-2-6-17(14)20(21)22(28)29)25-24-15-8-10-16(11-9-15)32(30,31)26-19-7-3-4-12-23-19/h1-13,27H,(H,23,26)(H,28,29). The van der Waals surface area contributed by atoms with E-state index in [2.05, 4.69) is 19.9 Å². The Morgan fingerprint density at radius 2 is 1.66 bits per heavy atom. The highest BCUT2D eigenvalue weighted by molar-refractivity contribution is 7.92. The lowest BCUT2D eigenvalue weighted by molar-refractivity contribution is 0.0696. The Morgan fingerprint density at radius 1 is 0.938 bits per heavy atom. The van der Waals surface area contributed by atoms with Crippen molar-refractivity contribution >= 4 is 44.0 Å². The van der Waals surface area contributed by atoms with E-state index < -0.39 is 21.7 Å². The predicted molar refractivity (Wildman–Crippen MR) is 118 cm³/mol. The van der Waals surface area contributed by atoms with Crippen molar-refractivity contribution in [1.29, 1.82) is 0 Å². The van der Waals surface area contributed by atoms with Crippen LogP contribution in [0.25, 0.3) is 10.8 Å². The van der Waals surface area contributed by atoms with Crippen LogP contribution in [0.15, 0.2) is 94.1 Å². The maximum atomic E-state index is 12.5. The van der Waals surface area contributed by atoms with Crippen LogP contribution in [0.3, 0.4) is 0 Å². The van der Waals surface area contributed by atoms with Gasteiger partial charge in [0.2, 0.25) is 0 Å². The number of hydrogen-bond donors (Lipinski definition) is 3. The maximum Gasteiger partial charge on any atom is 0.340 e. The zero-order valence-corrected chi connectivity index (χ0v) is 17.2. The van der Waals surface area contributed by atoms with Gasteiger partial charge in [0, 0.05) is 11.6 Å². The Balaban J connectivity index is 1.61. The van der Waals surface area contributed by atoms with E-state index in [4.69, 9.17) is 0 Å².